The van der Waals surface area contributed by atoms with Gasteiger partial charge in [0.25, 0.3) is 11.5 Å². The lowest BCUT2D eigenvalue weighted by atomic mass is 10.1. The fourth-order valence-corrected chi connectivity index (χ4v) is 2.76. The predicted molar refractivity (Wildman–Crippen MR) is 91.1 cm³/mol. The number of fused-ring (bicyclic) bond motifs is 1. The summed E-state index contributed by atoms with van der Waals surface area (Å²) >= 11 is 0. The van der Waals surface area contributed by atoms with E-state index in [2.05, 4.69) is 10.4 Å². The zero-order valence-electron chi connectivity index (χ0n) is 14.1. The van der Waals surface area contributed by atoms with Gasteiger partial charge in [-0.25, -0.2) is 4.68 Å². The lowest BCUT2D eigenvalue weighted by Gasteiger charge is -2.10. The Morgan fingerprint density at radius 2 is 1.92 bits per heavy atom. The second-order valence-electron chi connectivity index (χ2n) is 5.84. The van der Waals surface area contributed by atoms with Crippen molar-refractivity contribution < 1.29 is 9.21 Å². The Hall–Kier alpha value is -2.89. The maximum Gasteiger partial charge on any atom is 0.279 e. The number of furan rings is 1. The predicted octanol–water partition coefficient (Wildman–Crippen LogP) is 2.38. The van der Waals surface area contributed by atoms with Crippen LogP contribution in [0.2, 0.25) is 0 Å². The molecule has 3 aromatic rings. The molecule has 0 aliphatic heterocycles. The first-order valence-corrected chi connectivity index (χ1v) is 7.70. The normalized spacial score (nSPS) is 11.0. The van der Waals surface area contributed by atoms with Gasteiger partial charge in [0, 0.05) is 18.0 Å². The van der Waals surface area contributed by atoms with Gasteiger partial charge < -0.3 is 9.73 Å². The van der Waals surface area contributed by atoms with Crippen molar-refractivity contribution in [1.82, 2.24) is 15.1 Å². The third-order valence-electron chi connectivity index (χ3n) is 4.30. The number of aromatic nitrogens is 2. The average molecular weight is 325 g/mol. The number of rotatable bonds is 3. The van der Waals surface area contributed by atoms with Crippen LogP contribution in [-0.2, 0) is 13.6 Å². The topological polar surface area (TPSA) is 77.1 Å². The summed E-state index contributed by atoms with van der Waals surface area (Å²) in [4.78, 5) is 24.7. The van der Waals surface area contributed by atoms with Crippen molar-refractivity contribution in [3.05, 3.63) is 62.8 Å². The molecule has 0 fully saturated rings. The van der Waals surface area contributed by atoms with Gasteiger partial charge in [-0.3, -0.25) is 9.59 Å². The fraction of sp³-hybridized carbons (Fsp3) is 0.278. The molecule has 1 N–H and O–H groups in total. The molecule has 2 aromatic heterocycles. The molecule has 0 saturated heterocycles. The van der Waals surface area contributed by atoms with Crippen LogP contribution in [0.15, 0.2) is 33.5 Å². The third-order valence-corrected chi connectivity index (χ3v) is 4.30. The first-order chi connectivity index (χ1) is 11.4. The Morgan fingerprint density at radius 3 is 2.62 bits per heavy atom. The van der Waals surface area contributed by atoms with Gasteiger partial charge >= 0.3 is 0 Å². The van der Waals surface area contributed by atoms with Crippen LogP contribution in [0.5, 0.6) is 0 Å². The molecule has 0 aliphatic carbocycles. The Bertz CT molecular complexity index is 999. The van der Waals surface area contributed by atoms with Crippen LogP contribution < -0.4 is 10.9 Å². The van der Waals surface area contributed by atoms with Crippen molar-refractivity contribution >= 4 is 16.9 Å². The van der Waals surface area contributed by atoms with E-state index >= 15 is 0 Å². The van der Waals surface area contributed by atoms with Crippen LogP contribution in [-0.4, -0.2) is 15.7 Å². The maximum atomic E-state index is 12.5. The number of para-hydroxylation sites is 1. The number of hydrogen-bond donors (Lipinski definition) is 1. The van der Waals surface area contributed by atoms with E-state index in [0.29, 0.717) is 17.0 Å². The quantitative estimate of drug-likeness (QED) is 0.802. The Kier molecular flexibility index (Phi) is 3.97. The summed E-state index contributed by atoms with van der Waals surface area (Å²) in [6.07, 6.45) is 0. The summed E-state index contributed by atoms with van der Waals surface area (Å²) in [5.74, 6) is 0.267. The molecule has 24 heavy (non-hydrogen) atoms. The molecule has 0 unspecified atom stereocenters. The summed E-state index contributed by atoms with van der Waals surface area (Å²) in [6.45, 7) is 5.68. The van der Waals surface area contributed by atoms with Gasteiger partial charge in [0.05, 0.1) is 12.2 Å². The zero-order chi connectivity index (χ0) is 17.4. The SMILES string of the molecule is Cc1nn(C)c(=O)c(C(=O)NCc2oc3ccccc3c2C)c1C. The van der Waals surface area contributed by atoms with Crippen LogP contribution in [0.3, 0.4) is 0 Å². The van der Waals surface area contributed by atoms with Crippen molar-refractivity contribution in [1.29, 1.82) is 0 Å². The van der Waals surface area contributed by atoms with Gasteiger partial charge in [0.1, 0.15) is 16.9 Å². The summed E-state index contributed by atoms with van der Waals surface area (Å²) in [7, 11) is 1.54. The number of benzene rings is 1. The molecule has 0 spiro atoms. The highest BCUT2D eigenvalue weighted by Crippen LogP contribution is 2.24. The summed E-state index contributed by atoms with van der Waals surface area (Å²) in [5.41, 5.74) is 2.74. The standard InChI is InChI=1S/C18H19N3O3/c1-10-12(3)20-21(4)18(23)16(10)17(22)19-9-15-11(2)13-7-5-6-8-14(13)24-15/h5-8H,9H2,1-4H3,(H,19,22). The van der Waals surface area contributed by atoms with Crippen molar-refractivity contribution in [3.63, 3.8) is 0 Å². The number of carbonyl (C=O) groups is 1. The van der Waals surface area contributed by atoms with E-state index in [1.165, 1.54) is 11.7 Å². The molecule has 2 heterocycles. The van der Waals surface area contributed by atoms with E-state index in [1.54, 1.807) is 13.8 Å². The number of aryl methyl sites for hydroxylation is 3. The zero-order valence-corrected chi connectivity index (χ0v) is 14.1. The van der Waals surface area contributed by atoms with E-state index < -0.39 is 11.5 Å². The Labute approximate surface area is 139 Å². The molecular weight excluding hydrogens is 306 g/mol. The van der Waals surface area contributed by atoms with E-state index in [4.69, 9.17) is 4.42 Å². The number of carbonyl (C=O) groups excluding carboxylic acids is 1. The molecule has 1 amide bonds. The van der Waals surface area contributed by atoms with Gasteiger partial charge in [-0.2, -0.15) is 5.10 Å². The molecule has 6 nitrogen and oxygen atoms in total. The minimum atomic E-state index is -0.418. The number of hydrogen-bond acceptors (Lipinski definition) is 4. The van der Waals surface area contributed by atoms with Crippen molar-refractivity contribution in [2.75, 3.05) is 0 Å². The molecule has 124 valence electrons. The highest BCUT2D eigenvalue weighted by molar-refractivity contribution is 5.95. The van der Waals surface area contributed by atoms with Gasteiger partial charge in [-0.1, -0.05) is 18.2 Å². The van der Waals surface area contributed by atoms with Crippen molar-refractivity contribution in [2.45, 2.75) is 27.3 Å². The molecule has 0 atom stereocenters. The number of nitrogens with one attached hydrogen (secondary N) is 1. The lowest BCUT2D eigenvalue weighted by Crippen LogP contribution is -2.34. The van der Waals surface area contributed by atoms with Gasteiger partial charge in [0.15, 0.2) is 0 Å². The summed E-state index contributed by atoms with van der Waals surface area (Å²) < 4.78 is 6.97. The number of nitrogens with zero attached hydrogens (tertiary/aromatic N) is 2. The molecule has 0 radical (unpaired) electrons. The molecule has 0 aliphatic rings. The van der Waals surface area contributed by atoms with E-state index in [-0.39, 0.29) is 12.1 Å². The Balaban J connectivity index is 1.88. The monoisotopic (exact) mass is 325 g/mol. The van der Waals surface area contributed by atoms with E-state index in [9.17, 15) is 9.59 Å². The smallest absolute Gasteiger partial charge is 0.279 e. The molecule has 6 heteroatoms. The van der Waals surface area contributed by atoms with Crippen molar-refractivity contribution in [3.8, 4) is 0 Å². The molecule has 0 saturated carbocycles. The van der Waals surface area contributed by atoms with Crippen LogP contribution in [0, 0.1) is 20.8 Å². The second-order valence-corrected chi connectivity index (χ2v) is 5.84. The number of amides is 1. The fourth-order valence-electron chi connectivity index (χ4n) is 2.76. The van der Waals surface area contributed by atoms with Gasteiger partial charge in [-0.05, 0) is 32.4 Å². The molecule has 1 aromatic carbocycles. The molecule has 3 rings (SSSR count). The van der Waals surface area contributed by atoms with E-state index in [1.807, 2.05) is 31.2 Å². The van der Waals surface area contributed by atoms with Crippen molar-refractivity contribution in [2.24, 2.45) is 7.05 Å². The second kappa shape index (κ2) is 5.96. The van der Waals surface area contributed by atoms with E-state index in [0.717, 1.165) is 16.5 Å². The largest absolute Gasteiger partial charge is 0.459 e. The third kappa shape index (κ3) is 2.60. The maximum absolute atomic E-state index is 12.5. The van der Waals surface area contributed by atoms with Gasteiger partial charge in [0.2, 0.25) is 0 Å². The minimum absolute atomic E-state index is 0.124. The molecule has 0 bridgehead atoms. The first-order valence-electron chi connectivity index (χ1n) is 7.70. The van der Waals surface area contributed by atoms with Crippen LogP contribution in [0.25, 0.3) is 11.0 Å². The van der Waals surface area contributed by atoms with Crippen LogP contribution in [0.4, 0.5) is 0 Å². The lowest BCUT2D eigenvalue weighted by molar-refractivity contribution is 0.0945. The Morgan fingerprint density at radius 1 is 1.21 bits per heavy atom. The summed E-state index contributed by atoms with van der Waals surface area (Å²) in [5, 5.41) is 7.88. The first kappa shape index (κ1) is 16.0. The summed E-state index contributed by atoms with van der Waals surface area (Å²) in [6, 6.07) is 7.71. The van der Waals surface area contributed by atoms with Crippen LogP contribution in [0.1, 0.15) is 32.9 Å². The highest BCUT2D eigenvalue weighted by atomic mass is 16.3. The van der Waals surface area contributed by atoms with Gasteiger partial charge in [-0.15, -0.1) is 0 Å². The average Bonchev–Trinajstić information content (AvgIpc) is 2.88. The minimum Gasteiger partial charge on any atom is -0.459 e. The van der Waals surface area contributed by atoms with Crippen LogP contribution >= 0.6 is 0 Å². The molecular formula is C18H19N3O3. The highest BCUT2D eigenvalue weighted by Gasteiger charge is 2.19.